The number of benzene rings is 3. The lowest BCUT2D eigenvalue weighted by Crippen LogP contribution is -2.23. The molecule has 0 amide bonds. The van der Waals surface area contributed by atoms with Crippen molar-refractivity contribution < 1.29 is 0 Å². The first-order valence-corrected chi connectivity index (χ1v) is 9.54. The van der Waals surface area contributed by atoms with E-state index in [0.29, 0.717) is 5.22 Å². The Hall–Kier alpha value is -3.82. The lowest BCUT2D eigenvalue weighted by molar-refractivity contribution is 0.641. The van der Waals surface area contributed by atoms with E-state index < -0.39 is 0 Å². The van der Waals surface area contributed by atoms with Gasteiger partial charge in [-0.3, -0.25) is 0 Å². The highest BCUT2D eigenvalue weighted by Crippen LogP contribution is 2.46. The molecule has 29 heavy (non-hydrogen) atoms. The Kier molecular flexibility index (Phi) is 4.45. The van der Waals surface area contributed by atoms with Gasteiger partial charge in [0.05, 0.1) is 12.6 Å². The number of rotatable bonds is 1. The highest BCUT2D eigenvalue weighted by molar-refractivity contribution is 5.88. The van der Waals surface area contributed by atoms with Crippen molar-refractivity contribution in [3.8, 4) is 6.07 Å². The van der Waals surface area contributed by atoms with Gasteiger partial charge in [0.15, 0.2) is 0 Å². The average Bonchev–Trinajstić information content (AvgIpc) is 2.94. The SMILES string of the molecule is [C-]#[N+]C(C#N)=c1ccc(=CC=C2N(C)c3ccccc3C2(C)C)c2ccccc12. The lowest BCUT2D eigenvalue weighted by Gasteiger charge is -2.23. The molecule has 0 spiro atoms. The maximum atomic E-state index is 9.30. The van der Waals surface area contributed by atoms with Gasteiger partial charge >= 0.3 is 0 Å². The van der Waals surface area contributed by atoms with Crippen LogP contribution in [0.15, 0.2) is 72.4 Å². The normalized spacial score (nSPS) is 17.8. The predicted octanol–water partition coefficient (Wildman–Crippen LogP) is 4.48. The number of fused-ring (bicyclic) bond motifs is 2. The summed E-state index contributed by atoms with van der Waals surface area (Å²) in [5.74, 6) is 0. The molecular weight excluding hydrogens is 354 g/mol. The summed E-state index contributed by atoms with van der Waals surface area (Å²) >= 11 is 0. The quantitative estimate of drug-likeness (QED) is 0.587. The van der Waals surface area contributed by atoms with Gasteiger partial charge in [0.25, 0.3) is 5.70 Å². The van der Waals surface area contributed by atoms with Crippen molar-refractivity contribution in [2.24, 2.45) is 0 Å². The van der Waals surface area contributed by atoms with E-state index in [1.54, 1.807) is 0 Å². The summed E-state index contributed by atoms with van der Waals surface area (Å²) in [5, 5.41) is 13.0. The third-order valence-electron chi connectivity index (χ3n) is 5.79. The average molecular weight is 375 g/mol. The summed E-state index contributed by atoms with van der Waals surface area (Å²) in [7, 11) is 2.11. The zero-order valence-electron chi connectivity index (χ0n) is 16.8. The largest absolute Gasteiger partial charge is 0.347 e. The van der Waals surface area contributed by atoms with Gasteiger partial charge < -0.3 is 4.90 Å². The molecule has 4 rings (SSSR count). The van der Waals surface area contributed by atoms with Crippen molar-refractivity contribution in [2.75, 3.05) is 11.9 Å². The summed E-state index contributed by atoms with van der Waals surface area (Å²) in [6.07, 6.45) is 4.32. The summed E-state index contributed by atoms with van der Waals surface area (Å²) < 4.78 is 0. The Morgan fingerprint density at radius 3 is 2.38 bits per heavy atom. The molecule has 1 heterocycles. The Bertz CT molecular complexity index is 1350. The van der Waals surface area contributed by atoms with Gasteiger partial charge in [0, 0.05) is 23.8 Å². The molecule has 0 unspecified atom stereocenters. The van der Waals surface area contributed by atoms with Crippen LogP contribution in [0.3, 0.4) is 0 Å². The second-order valence-electron chi connectivity index (χ2n) is 7.74. The van der Waals surface area contributed by atoms with Gasteiger partial charge in [-0.15, -0.1) is 0 Å². The van der Waals surface area contributed by atoms with E-state index in [2.05, 4.69) is 67.1 Å². The minimum atomic E-state index is -0.0799. The van der Waals surface area contributed by atoms with Crippen LogP contribution >= 0.6 is 0 Å². The molecule has 0 atom stereocenters. The van der Waals surface area contributed by atoms with Gasteiger partial charge in [-0.25, -0.2) is 10.1 Å². The van der Waals surface area contributed by atoms with E-state index in [-0.39, 0.29) is 11.1 Å². The van der Waals surface area contributed by atoms with E-state index in [1.165, 1.54) is 16.9 Å². The summed E-state index contributed by atoms with van der Waals surface area (Å²) in [6.45, 7) is 11.8. The first kappa shape index (κ1) is 18.5. The molecule has 0 fully saturated rings. The van der Waals surface area contributed by atoms with Crippen LogP contribution in [-0.2, 0) is 5.41 Å². The standard InChI is InChI=1S/C26H21N3/c1-26(2)22-11-7-8-12-24(22)29(4)25(26)16-14-18-13-15-21(23(17-27)28-3)20-10-6-5-9-19(18)20/h5-16H,1-2,4H3. The van der Waals surface area contributed by atoms with E-state index in [9.17, 15) is 5.26 Å². The molecule has 3 heteroatoms. The number of para-hydroxylation sites is 1. The molecule has 140 valence electrons. The van der Waals surface area contributed by atoms with Crippen LogP contribution in [0.5, 0.6) is 0 Å². The fourth-order valence-electron chi connectivity index (χ4n) is 4.29. The van der Waals surface area contributed by atoms with Crippen LogP contribution in [0.2, 0.25) is 0 Å². The zero-order chi connectivity index (χ0) is 20.6. The number of likely N-dealkylation sites (N-methyl/N-ethyl adjacent to an activating group) is 1. The Balaban J connectivity index is 1.95. The third-order valence-corrected chi connectivity index (χ3v) is 5.79. The van der Waals surface area contributed by atoms with Crippen LogP contribution in [0.4, 0.5) is 5.69 Å². The fraction of sp³-hybridized carbons (Fsp3) is 0.154. The predicted molar refractivity (Wildman–Crippen MR) is 119 cm³/mol. The van der Waals surface area contributed by atoms with E-state index >= 15 is 0 Å². The molecule has 0 bridgehead atoms. The van der Waals surface area contributed by atoms with E-state index in [4.69, 9.17) is 6.57 Å². The molecule has 0 aliphatic carbocycles. The van der Waals surface area contributed by atoms with Crippen molar-refractivity contribution in [3.63, 3.8) is 0 Å². The van der Waals surface area contributed by atoms with Crippen LogP contribution in [0, 0.1) is 17.9 Å². The van der Waals surface area contributed by atoms with Crippen LogP contribution < -0.4 is 15.3 Å². The van der Waals surface area contributed by atoms with Gasteiger partial charge in [0.1, 0.15) is 0 Å². The van der Waals surface area contributed by atoms with Crippen LogP contribution in [0.25, 0.3) is 27.4 Å². The smallest absolute Gasteiger partial charge is 0.269 e. The topological polar surface area (TPSA) is 31.4 Å². The van der Waals surface area contributed by atoms with Gasteiger partial charge in [-0.05, 0) is 38.9 Å². The monoisotopic (exact) mass is 375 g/mol. The molecule has 3 nitrogen and oxygen atoms in total. The molecule has 0 aromatic heterocycles. The maximum absolute atomic E-state index is 9.30. The zero-order valence-corrected chi connectivity index (χ0v) is 16.8. The number of allylic oxidation sites excluding steroid dienone is 2. The highest BCUT2D eigenvalue weighted by Gasteiger charge is 2.37. The Morgan fingerprint density at radius 2 is 1.69 bits per heavy atom. The minimum Gasteiger partial charge on any atom is -0.347 e. The van der Waals surface area contributed by atoms with Crippen molar-refractivity contribution >= 4 is 28.2 Å². The van der Waals surface area contributed by atoms with Crippen LogP contribution in [-0.4, -0.2) is 7.05 Å². The van der Waals surface area contributed by atoms with Crippen molar-refractivity contribution in [1.82, 2.24) is 0 Å². The molecule has 0 saturated carbocycles. The molecule has 0 saturated heterocycles. The molecule has 1 aliphatic heterocycles. The fourth-order valence-corrected chi connectivity index (χ4v) is 4.29. The summed E-state index contributed by atoms with van der Waals surface area (Å²) in [6, 6.07) is 22.3. The highest BCUT2D eigenvalue weighted by atomic mass is 15.2. The third kappa shape index (κ3) is 2.89. The lowest BCUT2D eigenvalue weighted by atomic mass is 9.84. The molecule has 3 aromatic rings. The van der Waals surface area contributed by atoms with E-state index in [1.807, 2.05) is 42.5 Å². The number of nitrogens with zero attached hydrogens (tertiary/aromatic N) is 3. The van der Waals surface area contributed by atoms with Crippen LogP contribution in [0.1, 0.15) is 19.4 Å². The molecular formula is C26H21N3. The summed E-state index contributed by atoms with van der Waals surface area (Å²) in [5.41, 5.74) is 3.84. The van der Waals surface area contributed by atoms with Gasteiger partial charge in [0.2, 0.25) is 0 Å². The summed E-state index contributed by atoms with van der Waals surface area (Å²) in [4.78, 5) is 5.65. The number of nitriles is 1. The second-order valence-corrected chi connectivity index (χ2v) is 7.74. The first-order chi connectivity index (χ1) is 14.0. The van der Waals surface area contributed by atoms with E-state index in [0.717, 1.165) is 16.0 Å². The Morgan fingerprint density at radius 1 is 1.00 bits per heavy atom. The number of hydrogen-bond donors (Lipinski definition) is 0. The maximum Gasteiger partial charge on any atom is 0.269 e. The van der Waals surface area contributed by atoms with Crippen molar-refractivity contribution in [2.45, 2.75) is 19.3 Å². The molecule has 1 aliphatic rings. The second kappa shape index (κ2) is 6.97. The number of hydrogen-bond acceptors (Lipinski definition) is 2. The molecule has 0 N–H and O–H groups in total. The van der Waals surface area contributed by atoms with Crippen molar-refractivity contribution in [1.29, 1.82) is 5.26 Å². The first-order valence-electron chi connectivity index (χ1n) is 9.54. The van der Waals surface area contributed by atoms with Gasteiger partial charge in [-0.1, -0.05) is 74.5 Å². The minimum absolute atomic E-state index is 0.0799. The molecule has 3 aromatic carbocycles. The van der Waals surface area contributed by atoms with Crippen molar-refractivity contribution in [3.05, 3.63) is 99.9 Å². The number of anilines is 1. The Labute approximate surface area is 170 Å². The molecule has 0 radical (unpaired) electrons. The van der Waals surface area contributed by atoms with Gasteiger partial charge in [-0.2, -0.15) is 0 Å².